The number of nitrogens with one attached hydrogen (secondary N) is 2. The van der Waals surface area contributed by atoms with E-state index < -0.39 is 0 Å². The molecule has 0 aromatic heterocycles. The lowest BCUT2D eigenvalue weighted by Gasteiger charge is -2.18. The molecule has 1 aliphatic heterocycles. The normalized spacial score (nSPS) is 17.9. The maximum Gasteiger partial charge on any atom is 0.222 e. The molecule has 1 fully saturated rings. The van der Waals surface area contributed by atoms with Crippen LogP contribution in [0, 0.1) is 13.8 Å². The van der Waals surface area contributed by atoms with Gasteiger partial charge in [0.05, 0.1) is 0 Å². The molecule has 0 bridgehead atoms. The molecule has 1 aromatic rings. The van der Waals surface area contributed by atoms with Crippen molar-refractivity contribution in [1.29, 1.82) is 0 Å². The molecule has 0 saturated carbocycles. The second-order valence-electron chi connectivity index (χ2n) is 6.57. The topological polar surface area (TPSA) is 56.7 Å². The molecule has 5 nitrogen and oxygen atoms in total. The largest absolute Gasteiger partial charge is 0.356 e. The lowest BCUT2D eigenvalue weighted by atomic mass is 10.1. The Balaban J connectivity index is 1.78. The smallest absolute Gasteiger partial charge is 0.222 e. The minimum Gasteiger partial charge on any atom is -0.356 e. The molecule has 0 radical (unpaired) electrons. The molecule has 1 heterocycles. The molecule has 1 aromatic carbocycles. The average molecular weight is 330 g/mol. The number of aryl methyl sites for hydroxylation is 2. The van der Waals surface area contributed by atoms with Gasteiger partial charge in [0, 0.05) is 39.1 Å². The van der Waals surface area contributed by atoms with Gasteiger partial charge in [-0.3, -0.25) is 9.79 Å². The molecule has 2 N–H and O–H groups in total. The molecule has 1 saturated heterocycles. The van der Waals surface area contributed by atoms with Gasteiger partial charge < -0.3 is 15.5 Å². The Kier molecular flexibility index (Phi) is 6.64. The van der Waals surface area contributed by atoms with E-state index in [1.54, 1.807) is 7.05 Å². The van der Waals surface area contributed by atoms with Crippen LogP contribution in [0.25, 0.3) is 0 Å². The van der Waals surface area contributed by atoms with Gasteiger partial charge in [-0.15, -0.1) is 0 Å². The lowest BCUT2D eigenvalue weighted by molar-refractivity contribution is -0.129. The Labute approximate surface area is 145 Å². The molecule has 1 unspecified atom stereocenters. The van der Waals surface area contributed by atoms with Gasteiger partial charge in [0.2, 0.25) is 5.91 Å². The van der Waals surface area contributed by atoms with Crippen LogP contribution in [0.2, 0.25) is 0 Å². The van der Waals surface area contributed by atoms with Crippen LogP contribution in [0.3, 0.4) is 0 Å². The Bertz CT molecular complexity index is 577. The van der Waals surface area contributed by atoms with Crippen molar-refractivity contribution in [2.45, 2.75) is 46.1 Å². The van der Waals surface area contributed by atoms with Crippen LogP contribution >= 0.6 is 0 Å². The first-order valence-electron chi connectivity index (χ1n) is 8.84. The molecular formula is C19H30N4O. The maximum atomic E-state index is 11.8. The summed E-state index contributed by atoms with van der Waals surface area (Å²) in [5, 5.41) is 6.81. The summed E-state index contributed by atoms with van der Waals surface area (Å²) >= 11 is 0. The van der Waals surface area contributed by atoms with Gasteiger partial charge in [0.25, 0.3) is 0 Å². The Morgan fingerprint density at radius 2 is 2.00 bits per heavy atom. The standard InChI is InChI=1S/C19H30N4O/c1-5-18(24)23-9-7-17(13-23)22-19(20-4)21-8-6-16-11-14(2)10-15(3)12-16/h10-12,17H,5-9,13H2,1-4H3,(H2,20,21,22). The number of benzene rings is 1. The summed E-state index contributed by atoms with van der Waals surface area (Å²) in [5.74, 6) is 1.05. The third-order valence-electron chi connectivity index (χ3n) is 4.40. The van der Waals surface area contributed by atoms with Crippen molar-refractivity contribution in [1.82, 2.24) is 15.5 Å². The highest BCUT2D eigenvalue weighted by atomic mass is 16.2. The molecular weight excluding hydrogens is 300 g/mol. The number of carbonyl (C=O) groups excluding carboxylic acids is 1. The second-order valence-corrected chi connectivity index (χ2v) is 6.57. The quantitative estimate of drug-likeness (QED) is 0.641. The molecule has 24 heavy (non-hydrogen) atoms. The van der Waals surface area contributed by atoms with E-state index in [0.717, 1.165) is 38.4 Å². The first-order valence-corrected chi connectivity index (χ1v) is 8.84. The molecule has 132 valence electrons. The monoisotopic (exact) mass is 330 g/mol. The predicted octanol–water partition coefficient (Wildman–Crippen LogP) is 2.02. The highest BCUT2D eigenvalue weighted by molar-refractivity contribution is 5.80. The lowest BCUT2D eigenvalue weighted by Crippen LogP contribution is -2.45. The van der Waals surface area contributed by atoms with Crippen molar-refractivity contribution in [2.24, 2.45) is 4.99 Å². The fourth-order valence-corrected chi connectivity index (χ4v) is 3.25. The van der Waals surface area contributed by atoms with Gasteiger partial charge in [-0.1, -0.05) is 36.2 Å². The summed E-state index contributed by atoms with van der Waals surface area (Å²) in [6.45, 7) is 8.62. The molecule has 1 aliphatic rings. The summed E-state index contributed by atoms with van der Waals surface area (Å²) in [6.07, 6.45) is 2.52. The number of amides is 1. The average Bonchev–Trinajstić information content (AvgIpc) is 3.00. The Morgan fingerprint density at radius 1 is 1.29 bits per heavy atom. The third kappa shape index (κ3) is 5.25. The van der Waals surface area contributed by atoms with Gasteiger partial charge >= 0.3 is 0 Å². The van der Waals surface area contributed by atoms with Crippen molar-refractivity contribution in [2.75, 3.05) is 26.7 Å². The van der Waals surface area contributed by atoms with Gasteiger partial charge in [0.1, 0.15) is 0 Å². The Morgan fingerprint density at radius 3 is 2.62 bits per heavy atom. The third-order valence-corrected chi connectivity index (χ3v) is 4.40. The highest BCUT2D eigenvalue weighted by Gasteiger charge is 2.25. The van der Waals surface area contributed by atoms with Crippen LogP contribution in [0.1, 0.15) is 36.5 Å². The molecule has 5 heteroatoms. The van der Waals surface area contributed by atoms with Crippen LogP contribution < -0.4 is 10.6 Å². The number of guanidine groups is 1. The first kappa shape index (κ1) is 18.3. The van der Waals surface area contributed by atoms with E-state index in [2.05, 4.69) is 47.7 Å². The zero-order valence-electron chi connectivity index (χ0n) is 15.4. The molecule has 1 amide bonds. The number of rotatable bonds is 5. The highest BCUT2D eigenvalue weighted by Crippen LogP contribution is 2.11. The summed E-state index contributed by atoms with van der Waals surface area (Å²) in [7, 11) is 1.79. The van der Waals surface area contributed by atoms with Gasteiger partial charge in [-0.05, 0) is 32.3 Å². The number of hydrogen-bond donors (Lipinski definition) is 2. The Hall–Kier alpha value is -2.04. The fourth-order valence-electron chi connectivity index (χ4n) is 3.25. The zero-order chi connectivity index (χ0) is 17.5. The van der Waals surface area contributed by atoms with Crippen molar-refractivity contribution in [3.05, 3.63) is 34.9 Å². The first-order chi connectivity index (χ1) is 11.5. The molecule has 0 aliphatic carbocycles. The van der Waals surface area contributed by atoms with E-state index >= 15 is 0 Å². The number of carbonyl (C=O) groups is 1. The summed E-state index contributed by atoms with van der Waals surface area (Å²) in [6, 6.07) is 6.94. The van der Waals surface area contributed by atoms with E-state index in [1.165, 1.54) is 16.7 Å². The van der Waals surface area contributed by atoms with Crippen molar-refractivity contribution in [3.63, 3.8) is 0 Å². The number of likely N-dealkylation sites (tertiary alicyclic amines) is 1. The minimum atomic E-state index is 0.233. The van der Waals surface area contributed by atoms with Crippen molar-refractivity contribution < 1.29 is 4.79 Å². The van der Waals surface area contributed by atoms with Crippen LogP contribution in [0.15, 0.2) is 23.2 Å². The van der Waals surface area contributed by atoms with E-state index in [-0.39, 0.29) is 11.9 Å². The van der Waals surface area contributed by atoms with Crippen molar-refractivity contribution >= 4 is 11.9 Å². The van der Waals surface area contributed by atoms with E-state index in [9.17, 15) is 4.79 Å². The maximum absolute atomic E-state index is 11.8. The van der Waals surface area contributed by atoms with Gasteiger partial charge in [0.15, 0.2) is 5.96 Å². The molecule has 0 spiro atoms. The van der Waals surface area contributed by atoms with Gasteiger partial charge in [-0.2, -0.15) is 0 Å². The van der Waals surface area contributed by atoms with Crippen LogP contribution in [-0.2, 0) is 11.2 Å². The van der Waals surface area contributed by atoms with Gasteiger partial charge in [-0.25, -0.2) is 0 Å². The number of aliphatic imine (C=N–C) groups is 1. The SMILES string of the molecule is CCC(=O)N1CCC(NC(=NC)NCCc2cc(C)cc(C)c2)C1. The fraction of sp³-hybridized carbons (Fsp3) is 0.579. The van der Waals surface area contributed by atoms with Crippen molar-refractivity contribution in [3.8, 4) is 0 Å². The summed E-state index contributed by atoms with van der Waals surface area (Å²) in [4.78, 5) is 18.0. The van der Waals surface area contributed by atoms with E-state index in [4.69, 9.17) is 0 Å². The van der Waals surface area contributed by atoms with Crippen LogP contribution in [-0.4, -0.2) is 49.5 Å². The summed E-state index contributed by atoms with van der Waals surface area (Å²) in [5.41, 5.74) is 3.95. The number of hydrogen-bond acceptors (Lipinski definition) is 2. The number of nitrogens with zero attached hydrogens (tertiary/aromatic N) is 2. The summed E-state index contributed by atoms with van der Waals surface area (Å²) < 4.78 is 0. The second kappa shape index (κ2) is 8.71. The predicted molar refractivity (Wildman–Crippen MR) is 99.4 cm³/mol. The van der Waals surface area contributed by atoms with Crippen LogP contribution in [0.4, 0.5) is 0 Å². The van der Waals surface area contributed by atoms with E-state index in [1.807, 2.05) is 11.8 Å². The zero-order valence-corrected chi connectivity index (χ0v) is 15.4. The minimum absolute atomic E-state index is 0.233. The van der Waals surface area contributed by atoms with Crippen LogP contribution in [0.5, 0.6) is 0 Å². The molecule has 1 atom stereocenters. The molecule has 2 rings (SSSR count). The van der Waals surface area contributed by atoms with E-state index in [0.29, 0.717) is 6.42 Å².